The number of hydrogen-bond acceptors (Lipinski definition) is 3. The van der Waals surface area contributed by atoms with Gasteiger partial charge in [-0.3, -0.25) is 0 Å². The van der Waals surface area contributed by atoms with E-state index in [9.17, 15) is 0 Å². The molecule has 1 rings (SSSR count). The van der Waals surface area contributed by atoms with Crippen molar-refractivity contribution in [3.05, 3.63) is 23.7 Å². The van der Waals surface area contributed by atoms with Crippen molar-refractivity contribution in [3.8, 4) is 0 Å². The van der Waals surface area contributed by atoms with Crippen LogP contribution in [0.4, 0.5) is 0 Å². The molecule has 1 heterocycles. The molecule has 0 amide bonds. The van der Waals surface area contributed by atoms with Crippen LogP contribution in [0.1, 0.15) is 44.8 Å². The van der Waals surface area contributed by atoms with Gasteiger partial charge in [0.25, 0.3) is 0 Å². The lowest BCUT2D eigenvalue weighted by molar-refractivity contribution is 0.182. The third-order valence-electron chi connectivity index (χ3n) is 2.75. The van der Waals surface area contributed by atoms with E-state index in [4.69, 9.17) is 9.15 Å². The minimum atomic E-state index is 0.257. The zero-order chi connectivity index (χ0) is 12.0. The fraction of sp³-hybridized carbons (Fsp3) is 0.692. The Labute approximate surface area is 98.2 Å². The van der Waals surface area contributed by atoms with Crippen LogP contribution in [-0.2, 0) is 11.2 Å². The highest BCUT2D eigenvalue weighted by Gasteiger charge is 2.12. The molecule has 3 heteroatoms. The molecule has 0 aliphatic carbocycles. The van der Waals surface area contributed by atoms with Gasteiger partial charge in [0, 0.05) is 26.2 Å². The lowest BCUT2D eigenvalue weighted by Crippen LogP contribution is -2.29. The fourth-order valence-electron chi connectivity index (χ4n) is 1.70. The molecule has 0 aliphatic heterocycles. The normalized spacial score (nSPS) is 15.0. The topological polar surface area (TPSA) is 34.4 Å². The summed E-state index contributed by atoms with van der Waals surface area (Å²) in [5.41, 5.74) is 0. The number of ether oxygens (including phenoxy) is 1. The summed E-state index contributed by atoms with van der Waals surface area (Å²) >= 11 is 0. The van der Waals surface area contributed by atoms with Gasteiger partial charge in [-0.2, -0.15) is 0 Å². The van der Waals surface area contributed by atoms with E-state index in [-0.39, 0.29) is 6.04 Å². The molecule has 0 aliphatic rings. The second-order valence-electron chi connectivity index (χ2n) is 4.23. The second-order valence-corrected chi connectivity index (χ2v) is 4.23. The lowest BCUT2D eigenvalue weighted by atomic mass is 10.2. The summed E-state index contributed by atoms with van der Waals surface area (Å²) in [4.78, 5) is 0. The Bertz CT molecular complexity index is 296. The van der Waals surface area contributed by atoms with E-state index in [1.165, 1.54) is 0 Å². The number of rotatable bonds is 7. The summed E-state index contributed by atoms with van der Waals surface area (Å²) in [6.07, 6.45) is 1.97. The molecule has 3 nitrogen and oxygen atoms in total. The fourth-order valence-corrected chi connectivity index (χ4v) is 1.70. The van der Waals surface area contributed by atoms with Gasteiger partial charge in [-0.1, -0.05) is 6.92 Å². The standard InChI is InChI=1S/C13H23NO2/c1-5-12-6-7-13(16-12)11(3)14-10(2)8-9-15-4/h6-7,10-11,14H,5,8-9H2,1-4H3/t10-,11+/m0/s1. The largest absolute Gasteiger partial charge is 0.464 e. The number of methoxy groups -OCH3 is 1. The van der Waals surface area contributed by atoms with E-state index in [0.717, 1.165) is 31.0 Å². The highest BCUT2D eigenvalue weighted by Crippen LogP contribution is 2.17. The van der Waals surface area contributed by atoms with Gasteiger partial charge in [0.15, 0.2) is 0 Å². The average molecular weight is 225 g/mol. The third kappa shape index (κ3) is 3.99. The van der Waals surface area contributed by atoms with Crippen LogP contribution in [0.3, 0.4) is 0 Å². The van der Waals surface area contributed by atoms with Crippen molar-refractivity contribution in [2.24, 2.45) is 0 Å². The molecule has 0 radical (unpaired) electrons. The monoisotopic (exact) mass is 225 g/mol. The first-order valence-electron chi connectivity index (χ1n) is 6.01. The van der Waals surface area contributed by atoms with Gasteiger partial charge in [0.1, 0.15) is 11.5 Å². The molecule has 1 aromatic heterocycles. The molecular weight excluding hydrogens is 202 g/mol. The Morgan fingerprint density at radius 1 is 1.38 bits per heavy atom. The zero-order valence-corrected chi connectivity index (χ0v) is 10.7. The predicted octanol–water partition coefficient (Wildman–Crippen LogP) is 2.92. The van der Waals surface area contributed by atoms with Gasteiger partial charge in [0.05, 0.1) is 6.04 Å². The molecule has 1 N–H and O–H groups in total. The summed E-state index contributed by atoms with van der Waals surface area (Å²) in [6, 6.07) is 4.80. The molecule has 0 saturated carbocycles. The first kappa shape index (κ1) is 13.3. The van der Waals surface area contributed by atoms with Gasteiger partial charge < -0.3 is 14.5 Å². The molecule has 0 aromatic carbocycles. The lowest BCUT2D eigenvalue weighted by Gasteiger charge is -2.18. The van der Waals surface area contributed by atoms with Crippen molar-refractivity contribution in [2.45, 2.75) is 45.7 Å². The van der Waals surface area contributed by atoms with E-state index >= 15 is 0 Å². The first-order valence-corrected chi connectivity index (χ1v) is 6.01. The van der Waals surface area contributed by atoms with Crippen molar-refractivity contribution in [2.75, 3.05) is 13.7 Å². The molecular formula is C13H23NO2. The van der Waals surface area contributed by atoms with Gasteiger partial charge in [-0.05, 0) is 32.4 Å². The Hall–Kier alpha value is -0.800. The smallest absolute Gasteiger partial charge is 0.120 e. The van der Waals surface area contributed by atoms with E-state index in [0.29, 0.717) is 6.04 Å². The maximum atomic E-state index is 5.71. The number of hydrogen-bond donors (Lipinski definition) is 1. The number of aryl methyl sites for hydroxylation is 1. The van der Waals surface area contributed by atoms with Crippen molar-refractivity contribution in [1.82, 2.24) is 5.32 Å². The maximum Gasteiger partial charge on any atom is 0.120 e. The Kier molecular flexibility index (Phi) is 5.56. The van der Waals surface area contributed by atoms with Crippen LogP contribution in [0.15, 0.2) is 16.5 Å². The van der Waals surface area contributed by atoms with Crippen LogP contribution in [0, 0.1) is 0 Å². The Balaban J connectivity index is 2.41. The number of furan rings is 1. The highest BCUT2D eigenvalue weighted by molar-refractivity contribution is 5.10. The Morgan fingerprint density at radius 3 is 2.69 bits per heavy atom. The first-order chi connectivity index (χ1) is 7.67. The highest BCUT2D eigenvalue weighted by atomic mass is 16.5. The van der Waals surface area contributed by atoms with Crippen molar-refractivity contribution < 1.29 is 9.15 Å². The molecule has 0 bridgehead atoms. The zero-order valence-electron chi connectivity index (χ0n) is 10.7. The molecule has 0 spiro atoms. The second kappa shape index (κ2) is 6.71. The average Bonchev–Trinajstić information content (AvgIpc) is 2.74. The van der Waals surface area contributed by atoms with Crippen LogP contribution < -0.4 is 5.32 Å². The van der Waals surface area contributed by atoms with Crippen molar-refractivity contribution in [1.29, 1.82) is 0 Å². The van der Waals surface area contributed by atoms with E-state index in [1.807, 2.05) is 6.07 Å². The van der Waals surface area contributed by atoms with Crippen LogP contribution in [-0.4, -0.2) is 19.8 Å². The summed E-state index contributed by atoms with van der Waals surface area (Å²) in [7, 11) is 1.73. The van der Waals surface area contributed by atoms with Gasteiger partial charge >= 0.3 is 0 Å². The summed E-state index contributed by atoms with van der Waals surface area (Å²) in [5, 5.41) is 3.49. The molecule has 1 aromatic rings. The molecule has 0 fully saturated rings. The minimum absolute atomic E-state index is 0.257. The van der Waals surface area contributed by atoms with E-state index in [2.05, 4.69) is 32.2 Å². The molecule has 0 saturated heterocycles. The predicted molar refractivity (Wildman–Crippen MR) is 65.6 cm³/mol. The van der Waals surface area contributed by atoms with Gasteiger partial charge in [-0.25, -0.2) is 0 Å². The van der Waals surface area contributed by atoms with Crippen molar-refractivity contribution >= 4 is 0 Å². The molecule has 2 atom stereocenters. The summed E-state index contributed by atoms with van der Waals surface area (Å²) in [6.45, 7) is 7.18. The summed E-state index contributed by atoms with van der Waals surface area (Å²) in [5.74, 6) is 2.06. The van der Waals surface area contributed by atoms with Gasteiger partial charge in [0.2, 0.25) is 0 Å². The quantitative estimate of drug-likeness (QED) is 0.774. The number of nitrogens with one attached hydrogen (secondary N) is 1. The van der Waals surface area contributed by atoms with Crippen LogP contribution >= 0.6 is 0 Å². The van der Waals surface area contributed by atoms with Gasteiger partial charge in [-0.15, -0.1) is 0 Å². The maximum absolute atomic E-state index is 5.71. The van der Waals surface area contributed by atoms with Crippen molar-refractivity contribution in [3.63, 3.8) is 0 Å². The third-order valence-corrected chi connectivity index (χ3v) is 2.75. The van der Waals surface area contributed by atoms with E-state index in [1.54, 1.807) is 7.11 Å². The van der Waals surface area contributed by atoms with E-state index < -0.39 is 0 Å². The van der Waals surface area contributed by atoms with Crippen LogP contribution in [0.2, 0.25) is 0 Å². The SMILES string of the molecule is CCc1ccc([C@@H](C)N[C@@H](C)CCOC)o1. The van der Waals surface area contributed by atoms with Crippen LogP contribution in [0.25, 0.3) is 0 Å². The van der Waals surface area contributed by atoms with Crippen LogP contribution in [0.5, 0.6) is 0 Å². The summed E-state index contributed by atoms with van der Waals surface area (Å²) < 4.78 is 10.8. The minimum Gasteiger partial charge on any atom is -0.464 e. The molecule has 0 unspecified atom stereocenters. The molecule has 92 valence electrons. The molecule has 16 heavy (non-hydrogen) atoms. The Morgan fingerprint density at radius 2 is 2.12 bits per heavy atom.